The zero-order valence-electron chi connectivity index (χ0n) is 13.1. The number of piperidine rings is 1. The standard InChI is InChI=1S/C16H20N4O2.ClH/c1-11-18-16(22-19-11)13-3-2-8-20(10-13)15(21)9-12-4-6-14(17)7-5-12;/h4-7,13H,2-3,8-10,17H2,1H3;1H. The van der Waals surface area contributed by atoms with Crippen LogP contribution >= 0.6 is 12.4 Å². The minimum absolute atomic E-state index is 0. The van der Waals surface area contributed by atoms with Gasteiger partial charge in [0.05, 0.1) is 12.3 Å². The molecule has 1 aromatic heterocycles. The lowest BCUT2D eigenvalue weighted by Gasteiger charge is -2.31. The smallest absolute Gasteiger partial charge is 0.231 e. The molecule has 1 aliphatic rings. The van der Waals surface area contributed by atoms with Crippen LogP contribution in [0.3, 0.4) is 0 Å². The molecule has 6 nitrogen and oxygen atoms in total. The van der Waals surface area contributed by atoms with Crippen LogP contribution in [0.25, 0.3) is 0 Å². The van der Waals surface area contributed by atoms with Crippen molar-refractivity contribution >= 4 is 24.0 Å². The Morgan fingerprint density at radius 1 is 1.39 bits per heavy atom. The number of carbonyl (C=O) groups excluding carboxylic acids is 1. The molecule has 2 aromatic rings. The van der Waals surface area contributed by atoms with E-state index >= 15 is 0 Å². The number of aromatic nitrogens is 2. The SMILES string of the molecule is Cc1noc(C2CCCN(C(=O)Cc3ccc(N)cc3)C2)n1.Cl. The Bertz CT molecular complexity index is 656. The molecule has 7 heteroatoms. The maximum Gasteiger partial charge on any atom is 0.231 e. The van der Waals surface area contributed by atoms with Crippen molar-refractivity contribution in [1.29, 1.82) is 0 Å². The second kappa shape index (κ2) is 7.46. The molecule has 0 spiro atoms. The van der Waals surface area contributed by atoms with Crippen LogP contribution in [0.4, 0.5) is 5.69 Å². The fourth-order valence-corrected chi connectivity index (χ4v) is 2.81. The molecule has 3 rings (SSSR count). The molecule has 1 unspecified atom stereocenters. The summed E-state index contributed by atoms with van der Waals surface area (Å²) in [6.07, 6.45) is 2.34. The number of nitrogen functional groups attached to an aromatic ring is 1. The maximum atomic E-state index is 12.5. The predicted octanol–water partition coefficient (Wildman–Crippen LogP) is 2.33. The average molecular weight is 337 g/mol. The number of rotatable bonds is 3. The van der Waals surface area contributed by atoms with E-state index in [0.717, 1.165) is 24.9 Å². The molecular formula is C16H21ClN4O2. The van der Waals surface area contributed by atoms with Gasteiger partial charge in [0.25, 0.3) is 0 Å². The van der Waals surface area contributed by atoms with Gasteiger partial charge in [0.1, 0.15) is 0 Å². The summed E-state index contributed by atoms with van der Waals surface area (Å²) in [4.78, 5) is 18.6. The lowest BCUT2D eigenvalue weighted by molar-refractivity contribution is -0.131. The fourth-order valence-electron chi connectivity index (χ4n) is 2.81. The van der Waals surface area contributed by atoms with Crippen LogP contribution in [0, 0.1) is 6.92 Å². The highest BCUT2D eigenvalue weighted by atomic mass is 35.5. The summed E-state index contributed by atoms with van der Waals surface area (Å²) in [6, 6.07) is 7.44. The molecule has 23 heavy (non-hydrogen) atoms. The summed E-state index contributed by atoms with van der Waals surface area (Å²) in [5, 5.41) is 3.84. The Labute approximate surface area is 141 Å². The highest BCUT2D eigenvalue weighted by Crippen LogP contribution is 2.26. The number of hydrogen-bond donors (Lipinski definition) is 1. The van der Waals surface area contributed by atoms with Gasteiger partial charge in [0.15, 0.2) is 5.82 Å². The maximum absolute atomic E-state index is 12.5. The van der Waals surface area contributed by atoms with Crippen molar-refractivity contribution < 1.29 is 9.32 Å². The first-order valence-corrected chi connectivity index (χ1v) is 7.54. The van der Waals surface area contributed by atoms with Gasteiger partial charge in [-0.25, -0.2) is 0 Å². The molecule has 1 amide bonds. The molecular weight excluding hydrogens is 316 g/mol. The molecule has 124 valence electrons. The van der Waals surface area contributed by atoms with E-state index in [1.807, 2.05) is 29.2 Å². The van der Waals surface area contributed by atoms with E-state index in [-0.39, 0.29) is 24.2 Å². The number of carbonyl (C=O) groups is 1. The third-order valence-electron chi connectivity index (χ3n) is 4.00. The van der Waals surface area contributed by atoms with Gasteiger partial charge in [0.2, 0.25) is 11.8 Å². The minimum Gasteiger partial charge on any atom is -0.399 e. The number of benzene rings is 1. The fraction of sp³-hybridized carbons (Fsp3) is 0.438. The summed E-state index contributed by atoms with van der Waals surface area (Å²) < 4.78 is 5.25. The Morgan fingerprint density at radius 2 is 2.13 bits per heavy atom. The van der Waals surface area contributed by atoms with Crippen molar-refractivity contribution in [2.24, 2.45) is 0 Å². The number of amides is 1. The third-order valence-corrected chi connectivity index (χ3v) is 4.00. The van der Waals surface area contributed by atoms with E-state index in [1.165, 1.54) is 0 Å². The Morgan fingerprint density at radius 3 is 2.78 bits per heavy atom. The van der Waals surface area contributed by atoms with Crippen LogP contribution in [0.5, 0.6) is 0 Å². The Kier molecular flexibility index (Phi) is 5.60. The average Bonchev–Trinajstić information content (AvgIpc) is 2.96. The van der Waals surface area contributed by atoms with Crippen LogP contribution in [0.15, 0.2) is 28.8 Å². The number of halogens is 1. The molecule has 2 N–H and O–H groups in total. The normalized spacial score (nSPS) is 17.6. The highest BCUT2D eigenvalue weighted by molar-refractivity contribution is 5.85. The van der Waals surface area contributed by atoms with Crippen molar-refractivity contribution in [3.63, 3.8) is 0 Å². The van der Waals surface area contributed by atoms with Gasteiger partial charge in [-0.15, -0.1) is 12.4 Å². The molecule has 2 heterocycles. The van der Waals surface area contributed by atoms with Gasteiger partial charge < -0.3 is 15.2 Å². The monoisotopic (exact) mass is 336 g/mol. The molecule has 0 bridgehead atoms. The van der Waals surface area contributed by atoms with Crippen molar-refractivity contribution in [3.05, 3.63) is 41.5 Å². The van der Waals surface area contributed by atoms with Gasteiger partial charge in [-0.3, -0.25) is 4.79 Å². The quantitative estimate of drug-likeness (QED) is 0.869. The number of aryl methyl sites for hydroxylation is 1. The predicted molar refractivity (Wildman–Crippen MR) is 89.4 cm³/mol. The molecule has 1 fully saturated rings. The van der Waals surface area contributed by atoms with Crippen LogP contribution in [-0.4, -0.2) is 34.0 Å². The second-order valence-corrected chi connectivity index (χ2v) is 5.78. The zero-order valence-corrected chi connectivity index (χ0v) is 13.9. The Balaban J connectivity index is 0.00000192. The van der Waals surface area contributed by atoms with Crippen molar-refractivity contribution in [1.82, 2.24) is 15.0 Å². The van der Waals surface area contributed by atoms with Crippen LogP contribution in [-0.2, 0) is 11.2 Å². The number of nitrogens with two attached hydrogens (primary N) is 1. The number of likely N-dealkylation sites (tertiary alicyclic amines) is 1. The van der Waals surface area contributed by atoms with Crippen LogP contribution in [0.1, 0.15) is 36.0 Å². The van der Waals surface area contributed by atoms with Crippen LogP contribution < -0.4 is 5.73 Å². The highest BCUT2D eigenvalue weighted by Gasteiger charge is 2.28. The summed E-state index contributed by atoms with van der Waals surface area (Å²) >= 11 is 0. The summed E-state index contributed by atoms with van der Waals surface area (Å²) in [6.45, 7) is 3.24. The van der Waals surface area contributed by atoms with Gasteiger partial charge >= 0.3 is 0 Å². The number of hydrogen-bond acceptors (Lipinski definition) is 5. The largest absolute Gasteiger partial charge is 0.399 e. The first-order valence-electron chi connectivity index (χ1n) is 7.54. The lowest BCUT2D eigenvalue weighted by atomic mass is 9.97. The Hall–Kier alpha value is -2.08. The van der Waals surface area contributed by atoms with E-state index in [9.17, 15) is 4.79 Å². The first-order chi connectivity index (χ1) is 10.6. The van der Waals surface area contributed by atoms with E-state index in [1.54, 1.807) is 6.92 Å². The minimum atomic E-state index is 0. The molecule has 0 radical (unpaired) electrons. The van der Waals surface area contributed by atoms with Gasteiger partial charge in [-0.1, -0.05) is 17.3 Å². The number of nitrogens with zero attached hydrogens (tertiary/aromatic N) is 3. The first kappa shape index (κ1) is 17.3. The topological polar surface area (TPSA) is 85.2 Å². The summed E-state index contributed by atoms with van der Waals surface area (Å²) in [7, 11) is 0. The van der Waals surface area contributed by atoms with E-state index < -0.39 is 0 Å². The van der Waals surface area contributed by atoms with E-state index in [4.69, 9.17) is 10.3 Å². The van der Waals surface area contributed by atoms with Gasteiger partial charge in [-0.2, -0.15) is 4.98 Å². The summed E-state index contributed by atoms with van der Waals surface area (Å²) in [5.41, 5.74) is 7.36. The molecule has 1 aromatic carbocycles. The summed E-state index contributed by atoms with van der Waals surface area (Å²) in [5.74, 6) is 1.55. The van der Waals surface area contributed by atoms with Gasteiger partial charge in [-0.05, 0) is 37.5 Å². The molecule has 1 saturated heterocycles. The van der Waals surface area contributed by atoms with Crippen molar-refractivity contribution in [2.75, 3.05) is 18.8 Å². The van der Waals surface area contributed by atoms with Crippen molar-refractivity contribution in [2.45, 2.75) is 32.1 Å². The van der Waals surface area contributed by atoms with Gasteiger partial charge in [0, 0.05) is 18.8 Å². The molecule has 1 atom stereocenters. The second-order valence-electron chi connectivity index (χ2n) is 5.78. The van der Waals surface area contributed by atoms with Crippen LogP contribution in [0.2, 0.25) is 0 Å². The van der Waals surface area contributed by atoms with E-state index in [2.05, 4.69) is 10.1 Å². The zero-order chi connectivity index (χ0) is 15.5. The third kappa shape index (κ3) is 4.22. The lowest BCUT2D eigenvalue weighted by Crippen LogP contribution is -2.40. The van der Waals surface area contributed by atoms with Crippen molar-refractivity contribution in [3.8, 4) is 0 Å². The molecule has 1 aliphatic heterocycles. The number of anilines is 1. The van der Waals surface area contributed by atoms with E-state index in [0.29, 0.717) is 30.4 Å². The molecule has 0 saturated carbocycles. The molecule has 0 aliphatic carbocycles.